The number of ether oxygens (including phenoxy) is 1. The van der Waals surface area contributed by atoms with Crippen LogP contribution in [0.4, 0.5) is 5.69 Å². The maximum absolute atomic E-state index is 10.4. The van der Waals surface area contributed by atoms with E-state index in [9.17, 15) is 8.42 Å². The first-order valence-electron chi connectivity index (χ1n) is 4.51. The van der Waals surface area contributed by atoms with Crippen LogP contribution in [-0.2, 0) is 10.1 Å². The normalized spacial score (nSPS) is 11.4. The van der Waals surface area contributed by atoms with Gasteiger partial charge in [-0.05, 0) is 24.6 Å². The molecule has 16 heavy (non-hydrogen) atoms. The molecule has 0 aliphatic rings. The zero-order valence-electron chi connectivity index (χ0n) is 8.39. The van der Waals surface area contributed by atoms with E-state index in [1.54, 1.807) is 18.2 Å². The van der Waals surface area contributed by atoms with E-state index in [-0.39, 0.29) is 18.8 Å². The molecule has 1 aromatic rings. The van der Waals surface area contributed by atoms with Crippen molar-refractivity contribution in [2.45, 2.75) is 6.42 Å². The van der Waals surface area contributed by atoms with Crippen LogP contribution >= 0.6 is 15.9 Å². The number of hydrogen-bond acceptors (Lipinski definition) is 4. The first-order chi connectivity index (χ1) is 7.38. The van der Waals surface area contributed by atoms with Crippen molar-refractivity contribution in [1.82, 2.24) is 0 Å². The minimum Gasteiger partial charge on any atom is -0.491 e. The molecule has 1 aromatic carbocycles. The zero-order chi connectivity index (χ0) is 12.2. The Hall–Kier alpha value is -0.790. The van der Waals surface area contributed by atoms with E-state index in [0.717, 1.165) is 4.47 Å². The molecule has 1 rings (SSSR count). The zero-order valence-corrected chi connectivity index (χ0v) is 10.8. The van der Waals surface area contributed by atoms with Crippen LogP contribution in [0.2, 0.25) is 0 Å². The first kappa shape index (κ1) is 13.3. The molecule has 0 aromatic heterocycles. The van der Waals surface area contributed by atoms with Crippen molar-refractivity contribution < 1.29 is 17.7 Å². The lowest BCUT2D eigenvalue weighted by molar-refractivity contribution is 0.317. The molecule has 3 N–H and O–H groups in total. The van der Waals surface area contributed by atoms with Crippen LogP contribution in [0, 0.1) is 0 Å². The van der Waals surface area contributed by atoms with Crippen LogP contribution in [0.3, 0.4) is 0 Å². The SMILES string of the molecule is Nc1cc(Br)ccc1OCCCS(=O)(=O)O. The molecule has 90 valence electrons. The largest absolute Gasteiger partial charge is 0.491 e. The van der Waals surface area contributed by atoms with Crippen molar-refractivity contribution in [2.24, 2.45) is 0 Å². The van der Waals surface area contributed by atoms with Gasteiger partial charge in [0.1, 0.15) is 5.75 Å². The standard InChI is InChI=1S/C9H12BrNO4S/c10-7-2-3-9(8(11)6-7)15-4-1-5-16(12,13)14/h2-3,6H,1,4-5,11H2,(H,12,13,14). The molecule has 0 saturated heterocycles. The van der Waals surface area contributed by atoms with E-state index < -0.39 is 10.1 Å². The minimum atomic E-state index is -3.91. The van der Waals surface area contributed by atoms with E-state index in [0.29, 0.717) is 11.4 Å². The Kier molecular flexibility index (Phi) is 4.57. The topological polar surface area (TPSA) is 89.6 Å². The third-order valence-corrected chi connectivity index (χ3v) is 3.07. The minimum absolute atomic E-state index is 0.186. The lowest BCUT2D eigenvalue weighted by Crippen LogP contribution is -2.09. The number of nitrogen functional groups attached to an aromatic ring is 1. The van der Waals surface area contributed by atoms with Crippen LogP contribution in [0.15, 0.2) is 22.7 Å². The molecule has 0 unspecified atom stereocenters. The molecule has 0 amide bonds. The second-order valence-corrected chi connectivity index (χ2v) is 5.66. The Morgan fingerprint density at radius 1 is 1.44 bits per heavy atom. The predicted octanol–water partition coefficient (Wildman–Crippen LogP) is 1.69. The second kappa shape index (κ2) is 5.51. The van der Waals surface area contributed by atoms with Crippen LogP contribution in [0.1, 0.15) is 6.42 Å². The summed E-state index contributed by atoms with van der Waals surface area (Å²) in [7, 11) is -3.91. The van der Waals surface area contributed by atoms with Crippen LogP contribution < -0.4 is 10.5 Å². The smallest absolute Gasteiger partial charge is 0.264 e. The molecule has 0 fully saturated rings. The lowest BCUT2D eigenvalue weighted by Gasteiger charge is -2.08. The summed E-state index contributed by atoms with van der Waals surface area (Å²) in [5.74, 6) is 0.183. The average molecular weight is 310 g/mol. The summed E-state index contributed by atoms with van der Waals surface area (Å²) >= 11 is 3.26. The molecule has 5 nitrogen and oxygen atoms in total. The van der Waals surface area contributed by atoms with Gasteiger partial charge in [0.05, 0.1) is 18.0 Å². The molecule has 0 radical (unpaired) electrons. The Balaban J connectivity index is 2.43. The Bertz CT molecular complexity index is 461. The summed E-state index contributed by atoms with van der Waals surface area (Å²) in [4.78, 5) is 0. The number of rotatable bonds is 5. The van der Waals surface area contributed by atoms with Gasteiger partial charge < -0.3 is 10.5 Å². The van der Waals surface area contributed by atoms with Crippen molar-refractivity contribution in [2.75, 3.05) is 18.1 Å². The fourth-order valence-corrected chi connectivity index (χ4v) is 1.94. The van der Waals surface area contributed by atoms with Crippen molar-refractivity contribution in [1.29, 1.82) is 0 Å². The maximum Gasteiger partial charge on any atom is 0.264 e. The fourth-order valence-electron chi connectivity index (χ4n) is 1.07. The summed E-state index contributed by atoms with van der Waals surface area (Å²) in [5.41, 5.74) is 6.14. The molecule has 0 atom stereocenters. The van der Waals surface area contributed by atoms with Gasteiger partial charge in [-0.2, -0.15) is 8.42 Å². The van der Waals surface area contributed by atoms with Crippen LogP contribution in [0.5, 0.6) is 5.75 Å². The monoisotopic (exact) mass is 309 g/mol. The highest BCUT2D eigenvalue weighted by Crippen LogP contribution is 2.25. The van der Waals surface area contributed by atoms with Gasteiger partial charge in [0.15, 0.2) is 0 Å². The quantitative estimate of drug-likeness (QED) is 0.491. The molecule has 0 bridgehead atoms. The highest BCUT2D eigenvalue weighted by molar-refractivity contribution is 9.10. The predicted molar refractivity (Wildman–Crippen MR) is 65.1 cm³/mol. The van der Waals surface area contributed by atoms with E-state index in [2.05, 4.69) is 15.9 Å². The maximum atomic E-state index is 10.4. The summed E-state index contributed by atoms with van der Waals surface area (Å²) in [6.07, 6.45) is 0.217. The Morgan fingerprint density at radius 2 is 2.12 bits per heavy atom. The van der Waals surface area contributed by atoms with Crippen LogP contribution in [-0.4, -0.2) is 25.3 Å². The molecule has 7 heteroatoms. The van der Waals surface area contributed by atoms with Gasteiger partial charge in [-0.25, -0.2) is 0 Å². The van der Waals surface area contributed by atoms with Gasteiger partial charge in [-0.3, -0.25) is 4.55 Å². The third-order valence-electron chi connectivity index (χ3n) is 1.78. The number of hydrogen-bond donors (Lipinski definition) is 2. The Morgan fingerprint density at radius 3 is 2.69 bits per heavy atom. The van der Waals surface area contributed by atoms with Crippen molar-refractivity contribution in [3.63, 3.8) is 0 Å². The van der Waals surface area contributed by atoms with Crippen molar-refractivity contribution >= 4 is 31.7 Å². The number of nitrogens with two attached hydrogens (primary N) is 1. The lowest BCUT2D eigenvalue weighted by atomic mass is 10.3. The molecule has 0 aliphatic carbocycles. The highest BCUT2D eigenvalue weighted by atomic mass is 79.9. The van der Waals surface area contributed by atoms with Crippen molar-refractivity contribution in [3.8, 4) is 5.75 Å². The van der Waals surface area contributed by atoms with E-state index >= 15 is 0 Å². The van der Waals surface area contributed by atoms with Gasteiger partial charge in [0.2, 0.25) is 0 Å². The molecule has 0 heterocycles. The van der Waals surface area contributed by atoms with Gasteiger partial charge in [0.25, 0.3) is 10.1 Å². The van der Waals surface area contributed by atoms with E-state index in [1.165, 1.54) is 0 Å². The average Bonchev–Trinajstić information content (AvgIpc) is 2.13. The van der Waals surface area contributed by atoms with Gasteiger partial charge >= 0.3 is 0 Å². The summed E-state index contributed by atoms with van der Waals surface area (Å²) in [5, 5.41) is 0. The number of anilines is 1. The van der Waals surface area contributed by atoms with Gasteiger partial charge in [-0.1, -0.05) is 15.9 Å². The van der Waals surface area contributed by atoms with E-state index in [4.69, 9.17) is 15.0 Å². The second-order valence-electron chi connectivity index (χ2n) is 3.17. The fraction of sp³-hybridized carbons (Fsp3) is 0.333. The summed E-state index contributed by atoms with van der Waals surface area (Å²) < 4.78 is 35.4. The van der Waals surface area contributed by atoms with Crippen LogP contribution in [0.25, 0.3) is 0 Å². The molecular formula is C9H12BrNO4S. The number of halogens is 1. The molecule has 0 saturated carbocycles. The molecular weight excluding hydrogens is 298 g/mol. The first-order valence-corrected chi connectivity index (χ1v) is 6.92. The van der Waals surface area contributed by atoms with Gasteiger partial charge in [-0.15, -0.1) is 0 Å². The Labute approximate surface area is 102 Å². The van der Waals surface area contributed by atoms with Gasteiger partial charge in [0, 0.05) is 4.47 Å². The molecule has 0 spiro atoms. The summed E-state index contributed by atoms with van der Waals surface area (Å²) in [6.45, 7) is 0.186. The summed E-state index contributed by atoms with van der Waals surface area (Å²) in [6, 6.07) is 5.15. The highest BCUT2D eigenvalue weighted by Gasteiger charge is 2.05. The van der Waals surface area contributed by atoms with Crippen molar-refractivity contribution in [3.05, 3.63) is 22.7 Å². The number of benzene rings is 1. The third kappa shape index (κ3) is 4.82. The molecule has 0 aliphatic heterocycles. The van der Waals surface area contributed by atoms with E-state index in [1.807, 2.05) is 0 Å².